The number of nitrogens with zero attached hydrogens (tertiary/aromatic N) is 2. The van der Waals surface area contributed by atoms with Crippen molar-refractivity contribution in [2.45, 2.75) is 32.9 Å². The second kappa shape index (κ2) is 11.8. The average Bonchev–Trinajstić information content (AvgIpc) is 3.30. The highest BCUT2D eigenvalue weighted by molar-refractivity contribution is 9.10. The number of benzene rings is 2. The first kappa shape index (κ1) is 23.2. The summed E-state index contributed by atoms with van der Waals surface area (Å²) in [5.41, 5.74) is 1.67. The van der Waals surface area contributed by atoms with Gasteiger partial charge in [-0.05, 0) is 47.7 Å². The summed E-state index contributed by atoms with van der Waals surface area (Å²) in [6.07, 6.45) is 1.82. The number of carbonyl (C=O) groups excluding carboxylic acids is 2. The number of hydrogen-bond donors (Lipinski definition) is 0. The third-order valence-corrected chi connectivity index (χ3v) is 6.37. The predicted octanol–water partition coefficient (Wildman–Crippen LogP) is 5.98. The number of unbranched alkanes of at least 4 members (excludes halogenated alkanes) is 1. The highest BCUT2D eigenvalue weighted by Crippen LogP contribution is 2.17. The van der Waals surface area contributed by atoms with E-state index in [1.807, 2.05) is 64.9 Å². The fraction of sp³-hybridized carbons (Fsp3) is 0.280. The first-order valence-corrected chi connectivity index (χ1v) is 12.1. The molecular formula is C25H27BrN2O2S. The van der Waals surface area contributed by atoms with E-state index < -0.39 is 0 Å². The molecule has 0 unspecified atom stereocenters. The first-order valence-electron chi connectivity index (χ1n) is 10.5. The third kappa shape index (κ3) is 7.04. The maximum absolute atomic E-state index is 13.4. The van der Waals surface area contributed by atoms with Gasteiger partial charge >= 0.3 is 0 Å². The van der Waals surface area contributed by atoms with Crippen molar-refractivity contribution in [3.63, 3.8) is 0 Å². The van der Waals surface area contributed by atoms with Gasteiger partial charge in [-0.25, -0.2) is 0 Å². The molecule has 2 amide bonds. The van der Waals surface area contributed by atoms with Crippen LogP contribution in [0.25, 0.3) is 0 Å². The van der Waals surface area contributed by atoms with Gasteiger partial charge in [-0.15, -0.1) is 11.3 Å². The summed E-state index contributed by atoms with van der Waals surface area (Å²) in [7, 11) is 0. The molecule has 0 aliphatic heterocycles. The second-order valence-corrected chi connectivity index (χ2v) is 9.35. The van der Waals surface area contributed by atoms with Crippen molar-refractivity contribution in [3.8, 4) is 0 Å². The Hall–Kier alpha value is -2.44. The summed E-state index contributed by atoms with van der Waals surface area (Å²) in [5, 5.41) is 2.02. The van der Waals surface area contributed by atoms with Crippen molar-refractivity contribution >= 4 is 39.1 Å². The third-order valence-electron chi connectivity index (χ3n) is 4.98. The fourth-order valence-corrected chi connectivity index (χ4v) is 4.25. The quantitative estimate of drug-likeness (QED) is 0.344. The predicted molar refractivity (Wildman–Crippen MR) is 130 cm³/mol. The molecule has 0 atom stereocenters. The minimum absolute atomic E-state index is 0.0428. The summed E-state index contributed by atoms with van der Waals surface area (Å²) >= 11 is 5.05. The van der Waals surface area contributed by atoms with Crippen LogP contribution in [0.5, 0.6) is 0 Å². The van der Waals surface area contributed by atoms with Crippen LogP contribution in [-0.2, 0) is 17.9 Å². The van der Waals surface area contributed by atoms with Gasteiger partial charge in [0.1, 0.15) is 6.54 Å². The zero-order valence-corrected chi connectivity index (χ0v) is 20.1. The lowest BCUT2D eigenvalue weighted by Gasteiger charge is -2.28. The van der Waals surface area contributed by atoms with Gasteiger partial charge in [-0.1, -0.05) is 65.7 Å². The van der Waals surface area contributed by atoms with E-state index in [2.05, 4.69) is 22.9 Å². The lowest BCUT2D eigenvalue weighted by atomic mass is 10.1. The Labute approximate surface area is 196 Å². The van der Waals surface area contributed by atoms with Crippen molar-refractivity contribution < 1.29 is 9.59 Å². The van der Waals surface area contributed by atoms with E-state index in [9.17, 15) is 9.59 Å². The monoisotopic (exact) mass is 498 g/mol. The molecule has 6 heteroatoms. The van der Waals surface area contributed by atoms with Crippen LogP contribution < -0.4 is 0 Å². The number of carbonyl (C=O) groups is 2. The number of rotatable bonds is 10. The van der Waals surface area contributed by atoms with Gasteiger partial charge in [0, 0.05) is 28.0 Å². The van der Waals surface area contributed by atoms with Crippen LogP contribution in [-0.4, -0.2) is 34.7 Å². The molecule has 0 aliphatic rings. The van der Waals surface area contributed by atoms with Gasteiger partial charge in [-0.2, -0.15) is 0 Å². The molecule has 3 rings (SSSR count). The summed E-state index contributed by atoms with van der Waals surface area (Å²) in [5.74, 6) is -0.149. The molecule has 0 bridgehead atoms. The van der Waals surface area contributed by atoms with Crippen molar-refractivity contribution in [1.82, 2.24) is 9.80 Å². The van der Waals surface area contributed by atoms with E-state index in [4.69, 9.17) is 0 Å². The second-order valence-electron chi connectivity index (χ2n) is 7.40. The summed E-state index contributed by atoms with van der Waals surface area (Å²) < 4.78 is 0.921. The Balaban J connectivity index is 1.77. The van der Waals surface area contributed by atoms with Crippen LogP contribution in [0.3, 0.4) is 0 Å². The van der Waals surface area contributed by atoms with Crippen molar-refractivity contribution in [2.24, 2.45) is 0 Å². The van der Waals surface area contributed by atoms with E-state index in [1.165, 1.54) is 0 Å². The molecule has 0 radical (unpaired) electrons. The first-order chi connectivity index (χ1) is 15.1. The SMILES string of the molecule is CCCCN(CC(=O)N(Cc1ccccc1)Cc1cccs1)C(=O)c1ccc(Br)cc1. The largest absolute Gasteiger partial charge is 0.332 e. The molecule has 2 aromatic carbocycles. The minimum atomic E-state index is -0.106. The Bertz CT molecular complexity index is 959. The van der Waals surface area contributed by atoms with Gasteiger partial charge in [0.15, 0.2) is 0 Å². The average molecular weight is 499 g/mol. The zero-order valence-electron chi connectivity index (χ0n) is 17.7. The van der Waals surface area contributed by atoms with E-state index in [-0.39, 0.29) is 18.4 Å². The lowest BCUT2D eigenvalue weighted by molar-refractivity contribution is -0.133. The van der Waals surface area contributed by atoms with E-state index in [1.54, 1.807) is 28.4 Å². The molecule has 0 spiro atoms. The van der Waals surface area contributed by atoms with Crippen LogP contribution in [0.1, 0.15) is 40.6 Å². The molecule has 162 valence electrons. The number of halogens is 1. The molecule has 0 saturated carbocycles. The minimum Gasteiger partial charge on any atom is -0.332 e. The van der Waals surface area contributed by atoms with Crippen LogP contribution in [0, 0.1) is 0 Å². The van der Waals surface area contributed by atoms with Crippen LogP contribution in [0.4, 0.5) is 0 Å². The number of thiophene rings is 1. The molecule has 31 heavy (non-hydrogen) atoms. The molecular weight excluding hydrogens is 472 g/mol. The zero-order chi connectivity index (χ0) is 22.1. The Morgan fingerprint density at radius 2 is 1.65 bits per heavy atom. The van der Waals surface area contributed by atoms with Crippen LogP contribution in [0.2, 0.25) is 0 Å². The molecule has 0 aliphatic carbocycles. The van der Waals surface area contributed by atoms with Gasteiger partial charge in [0.25, 0.3) is 5.91 Å². The lowest BCUT2D eigenvalue weighted by Crippen LogP contribution is -2.42. The highest BCUT2D eigenvalue weighted by Gasteiger charge is 2.22. The molecule has 1 heterocycles. The van der Waals surface area contributed by atoms with E-state index in [0.717, 1.165) is 27.8 Å². The number of amides is 2. The van der Waals surface area contributed by atoms with Crippen molar-refractivity contribution in [2.75, 3.05) is 13.1 Å². The van der Waals surface area contributed by atoms with Crippen molar-refractivity contribution in [3.05, 3.63) is 92.6 Å². The number of hydrogen-bond acceptors (Lipinski definition) is 3. The standard InChI is InChI=1S/C25H27BrN2O2S/c1-2-3-15-27(25(30)21-11-13-22(26)14-12-21)19-24(29)28(18-23-10-7-16-31-23)17-20-8-5-4-6-9-20/h4-14,16H,2-3,15,17-19H2,1H3. The normalized spacial score (nSPS) is 10.6. The van der Waals surface area contributed by atoms with E-state index in [0.29, 0.717) is 25.2 Å². The highest BCUT2D eigenvalue weighted by atomic mass is 79.9. The molecule has 0 N–H and O–H groups in total. The topological polar surface area (TPSA) is 40.6 Å². The molecule has 0 fully saturated rings. The smallest absolute Gasteiger partial charge is 0.254 e. The van der Waals surface area contributed by atoms with Crippen LogP contribution >= 0.6 is 27.3 Å². The molecule has 0 saturated heterocycles. The summed E-state index contributed by atoms with van der Waals surface area (Å²) in [6.45, 7) is 3.79. The van der Waals surface area contributed by atoms with Crippen LogP contribution in [0.15, 0.2) is 76.6 Å². The van der Waals surface area contributed by atoms with E-state index >= 15 is 0 Å². The Morgan fingerprint density at radius 1 is 0.903 bits per heavy atom. The van der Waals surface area contributed by atoms with Gasteiger partial charge in [-0.3, -0.25) is 9.59 Å². The van der Waals surface area contributed by atoms with Gasteiger partial charge < -0.3 is 9.80 Å². The molecule has 4 nitrogen and oxygen atoms in total. The summed E-state index contributed by atoms with van der Waals surface area (Å²) in [6, 6.07) is 21.3. The molecule has 1 aromatic heterocycles. The maximum atomic E-state index is 13.4. The van der Waals surface area contributed by atoms with Gasteiger partial charge in [0.05, 0.1) is 6.54 Å². The Kier molecular flexibility index (Phi) is 8.85. The summed E-state index contributed by atoms with van der Waals surface area (Å²) in [4.78, 5) is 31.2. The maximum Gasteiger partial charge on any atom is 0.254 e. The van der Waals surface area contributed by atoms with Crippen molar-refractivity contribution in [1.29, 1.82) is 0 Å². The Morgan fingerprint density at radius 3 is 2.29 bits per heavy atom. The fourth-order valence-electron chi connectivity index (χ4n) is 3.27. The van der Waals surface area contributed by atoms with Gasteiger partial charge in [0.2, 0.25) is 5.91 Å². The molecule has 3 aromatic rings.